The minimum absolute atomic E-state index is 0.0934. The maximum atomic E-state index is 11.7. The van der Waals surface area contributed by atoms with E-state index in [1.807, 2.05) is 22.6 Å². The van der Waals surface area contributed by atoms with Crippen LogP contribution in [0.1, 0.15) is 13.3 Å². The Hall–Kier alpha value is -1.12. The number of carboxylic acids is 1. The van der Waals surface area contributed by atoms with Crippen LogP contribution in [0, 0.1) is 3.57 Å². The average molecular weight is 338 g/mol. The summed E-state index contributed by atoms with van der Waals surface area (Å²) in [6.45, 7) is 2.13. The summed E-state index contributed by atoms with van der Waals surface area (Å²) in [7, 11) is 0. The van der Waals surface area contributed by atoms with Gasteiger partial charge in [-0.3, -0.25) is 18.7 Å². The van der Waals surface area contributed by atoms with E-state index in [1.54, 1.807) is 6.92 Å². The molecule has 1 aromatic rings. The molecule has 1 aromatic heterocycles. The van der Waals surface area contributed by atoms with Crippen LogP contribution in [0.3, 0.4) is 0 Å². The Morgan fingerprint density at radius 3 is 2.62 bits per heavy atom. The molecule has 0 unspecified atom stereocenters. The lowest BCUT2D eigenvalue weighted by molar-refractivity contribution is -0.137. The smallest absolute Gasteiger partial charge is 0.331 e. The summed E-state index contributed by atoms with van der Waals surface area (Å²) in [5.74, 6) is -1.03. The molecule has 6 nitrogen and oxygen atoms in total. The van der Waals surface area contributed by atoms with E-state index in [0.717, 1.165) is 4.57 Å². The fourth-order valence-corrected chi connectivity index (χ4v) is 1.88. The minimum Gasteiger partial charge on any atom is -0.481 e. The van der Waals surface area contributed by atoms with E-state index >= 15 is 0 Å². The van der Waals surface area contributed by atoms with Crippen molar-refractivity contribution in [3.05, 3.63) is 30.6 Å². The van der Waals surface area contributed by atoms with Gasteiger partial charge in [0, 0.05) is 19.3 Å². The van der Waals surface area contributed by atoms with Gasteiger partial charge in [-0.25, -0.2) is 4.79 Å². The second kappa shape index (κ2) is 5.28. The molecule has 0 saturated heterocycles. The van der Waals surface area contributed by atoms with Crippen LogP contribution in [0.2, 0.25) is 0 Å². The Labute approximate surface area is 105 Å². The van der Waals surface area contributed by atoms with E-state index in [-0.39, 0.29) is 13.0 Å². The number of hydrogen-bond acceptors (Lipinski definition) is 3. The van der Waals surface area contributed by atoms with E-state index in [2.05, 4.69) is 0 Å². The SMILES string of the molecule is CCn1cc(I)c(=O)n(CCC(=O)O)c1=O. The maximum Gasteiger partial charge on any atom is 0.331 e. The molecule has 0 spiro atoms. The summed E-state index contributed by atoms with van der Waals surface area (Å²) >= 11 is 1.83. The average Bonchev–Trinajstić information content (AvgIpc) is 2.23. The summed E-state index contributed by atoms with van der Waals surface area (Å²) < 4.78 is 2.74. The molecule has 0 aromatic carbocycles. The molecule has 0 saturated carbocycles. The zero-order valence-corrected chi connectivity index (χ0v) is 10.8. The van der Waals surface area contributed by atoms with Gasteiger partial charge in [-0.1, -0.05) is 0 Å². The second-order valence-electron chi connectivity index (χ2n) is 3.15. The molecule has 0 amide bonds. The molecule has 88 valence electrons. The maximum absolute atomic E-state index is 11.7. The number of carbonyl (C=O) groups is 1. The third kappa shape index (κ3) is 2.71. The van der Waals surface area contributed by atoms with E-state index in [1.165, 1.54) is 10.8 Å². The standard InChI is InChI=1S/C9H11IN2O4/c1-2-11-5-6(10)8(15)12(9(11)16)4-3-7(13)14/h5H,2-4H2,1H3,(H,13,14). The first-order valence-electron chi connectivity index (χ1n) is 4.69. The number of rotatable bonds is 4. The van der Waals surface area contributed by atoms with E-state index in [4.69, 9.17) is 5.11 Å². The summed E-state index contributed by atoms with van der Waals surface area (Å²) in [6.07, 6.45) is 1.24. The van der Waals surface area contributed by atoms with E-state index in [9.17, 15) is 14.4 Å². The van der Waals surface area contributed by atoms with Crippen LogP contribution in [-0.2, 0) is 17.9 Å². The van der Waals surface area contributed by atoms with Crippen LogP contribution in [-0.4, -0.2) is 20.2 Å². The van der Waals surface area contributed by atoms with Crippen molar-refractivity contribution in [2.45, 2.75) is 26.4 Å². The van der Waals surface area contributed by atoms with Crippen LogP contribution in [0.5, 0.6) is 0 Å². The zero-order valence-electron chi connectivity index (χ0n) is 8.64. The molecule has 0 bridgehead atoms. The van der Waals surface area contributed by atoms with Crippen LogP contribution < -0.4 is 11.2 Å². The lowest BCUT2D eigenvalue weighted by Crippen LogP contribution is -2.41. The molecule has 0 aliphatic rings. The molecule has 0 aliphatic carbocycles. The number of aromatic nitrogens is 2. The van der Waals surface area contributed by atoms with Crippen molar-refractivity contribution in [2.24, 2.45) is 0 Å². The lowest BCUT2D eigenvalue weighted by Gasteiger charge is -2.08. The van der Waals surface area contributed by atoms with Gasteiger partial charge >= 0.3 is 11.7 Å². The highest BCUT2D eigenvalue weighted by atomic mass is 127. The van der Waals surface area contributed by atoms with Gasteiger partial charge in [0.05, 0.1) is 9.99 Å². The summed E-state index contributed by atoms with van der Waals surface area (Å²) in [5, 5.41) is 8.53. The highest BCUT2D eigenvalue weighted by Crippen LogP contribution is 1.95. The molecule has 0 radical (unpaired) electrons. The van der Waals surface area contributed by atoms with Gasteiger partial charge in [0.25, 0.3) is 5.56 Å². The topological polar surface area (TPSA) is 81.3 Å². The third-order valence-corrected chi connectivity index (χ3v) is 2.83. The molecule has 1 N–H and O–H groups in total. The van der Waals surface area contributed by atoms with Crippen molar-refractivity contribution in [2.75, 3.05) is 0 Å². The molecule has 16 heavy (non-hydrogen) atoms. The largest absolute Gasteiger partial charge is 0.481 e. The Kier molecular flexibility index (Phi) is 4.27. The second-order valence-corrected chi connectivity index (χ2v) is 4.31. The number of hydrogen-bond donors (Lipinski definition) is 1. The fraction of sp³-hybridized carbons (Fsp3) is 0.444. The fourth-order valence-electron chi connectivity index (χ4n) is 1.25. The van der Waals surface area contributed by atoms with Crippen LogP contribution in [0.4, 0.5) is 0 Å². The van der Waals surface area contributed by atoms with Gasteiger partial charge in [-0.2, -0.15) is 0 Å². The van der Waals surface area contributed by atoms with Gasteiger partial charge in [0.1, 0.15) is 0 Å². The van der Waals surface area contributed by atoms with Gasteiger partial charge in [0.15, 0.2) is 0 Å². The summed E-state index contributed by atoms with van der Waals surface area (Å²) in [5.41, 5.74) is -0.897. The minimum atomic E-state index is -1.03. The van der Waals surface area contributed by atoms with Gasteiger partial charge in [-0.15, -0.1) is 0 Å². The Balaban J connectivity index is 3.25. The molecule has 1 heterocycles. The summed E-state index contributed by atoms with van der Waals surface area (Å²) in [4.78, 5) is 33.7. The van der Waals surface area contributed by atoms with E-state index < -0.39 is 17.2 Å². The van der Waals surface area contributed by atoms with Gasteiger partial charge in [-0.05, 0) is 29.5 Å². The number of aryl methyl sites for hydroxylation is 1. The molecular weight excluding hydrogens is 327 g/mol. The highest BCUT2D eigenvalue weighted by Gasteiger charge is 2.09. The molecule has 7 heteroatoms. The normalized spacial score (nSPS) is 10.4. The first kappa shape index (κ1) is 12.9. The van der Waals surface area contributed by atoms with Gasteiger partial charge < -0.3 is 5.11 Å². The third-order valence-electron chi connectivity index (χ3n) is 2.09. The molecule has 0 atom stereocenters. The zero-order chi connectivity index (χ0) is 12.3. The van der Waals surface area contributed by atoms with Crippen molar-refractivity contribution >= 4 is 28.6 Å². The molecule has 0 aliphatic heterocycles. The predicted molar refractivity (Wildman–Crippen MR) is 65.6 cm³/mol. The lowest BCUT2D eigenvalue weighted by atomic mass is 10.4. The van der Waals surface area contributed by atoms with Crippen molar-refractivity contribution in [1.29, 1.82) is 0 Å². The van der Waals surface area contributed by atoms with Crippen LogP contribution in [0.15, 0.2) is 15.8 Å². The quantitative estimate of drug-likeness (QED) is 0.790. The van der Waals surface area contributed by atoms with Crippen molar-refractivity contribution < 1.29 is 9.90 Å². The van der Waals surface area contributed by atoms with Crippen LogP contribution >= 0.6 is 22.6 Å². The van der Waals surface area contributed by atoms with Crippen LogP contribution in [0.25, 0.3) is 0 Å². The number of nitrogens with zero attached hydrogens (tertiary/aromatic N) is 2. The Bertz CT molecular complexity index is 517. The van der Waals surface area contributed by atoms with Gasteiger partial charge in [0.2, 0.25) is 0 Å². The number of aliphatic carboxylic acids is 1. The first-order chi connectivity index (χ1) is 7.47. The Morgan fingerprint density at radius 1 is 1.50 bits per heavy atom. The Morgan fingerprint density at radius 2 is 2.12 bits per heavy atom. The number of halogens is 1. The van der Waals surface area contributed by atoms with Crippen molar-refractivity contribution in [3.8, 4) is 0 Å². The molecule has 1 rings (SSSR count). The molecule has 0 fully saturated rings. The highest BCUT2D eigenvalue weighted by molar-refractivity contribution is 14.1. The molecular formula is C9H11IN2O4. The van der Waals surface area contributed by atoms with Crippen molar-refractivity contribution in [1.82, 2.24) is 9.13 Å². The van der Waals surface area contributed by atoms with E-state index in [0.29, 0.717) is 10.1 Å². The predicted octanol–water partition coefficient (Wildman–Crippen LogP) is 0.109. The monoisotopic (exact) mass is 338 g/mol. The number of carboxylic acid groups (broad SMARTS) is 1. The summed E-state index contributed by atoms with van der Waals surface area (Å²) in [6, 6.07) is 0. The van der Waals surface area contributed by atoms with Crippen molar-refractivity contribution in [3.63, 3.8) is 0 Å². The first-order valence-corrected chi connectivity index (χ1v) is 5.76.